The first-order valence-electron chi connectivity index (χ1n) is 4.98. The molecular weight excluding hydrogens is 242 g/mol. The number of rotatable bonds is 4. The third kappa shape index (κ3) is 2.94. The summed E-state index contributed by atoms with van der Waals surface area (Å²) in [4.78, 5) is 21.1. The molecule has 0 aliphatic carbocycles. The predicted molar refractivity (Wildman–Crippen MR) is 66.6 cm³/mol. The van der Waals surface area contributed by atoms with Gasteiger partial charge in [-0.05, 0) is 6.92 Å². The number of ether oxygens (including phenoxy) is 1. The summed E-state index contributed by atoms with van der Waals surface area (Å²) in [6, 6.07) is 0. The fraction of sp³-hybridized carbons (Fsp3) is 0.364. The maximum Gasteiger partial charge on any atom is 0.237 e. The molecule has 17 heavy (non-hydrogen) atoms. The van der Waals surface area contributed by atoms with Crippen LogP contribution >= 0.6 is 11.6 Å². The molecule has 0 spiro atoms. The zero-order valence-corrected chi connectivity index (χ0v) is 10.8. The number of carbonyl (C=O) groups is 1. The van der Waals surface area contributed by atoms with Crippen LogP contribution in [0.15, 0.2) is 12.7 Å². The monoisotopic (exact) mass is 255 g/mol. The van der Waals surface area contributed by atoms with E-state index in [1.54, 1.807) is 13.0 Å². The number of aryl methyl sites for hydroxylation is 1. The van der Waals surface area contributed by atoms with Gasteiger partial charge in [0.05, 0.1) is 12.8 Å². The van der Waals surface area contributed by atoms with Crippen LogP contribution in [0.25, 0.3) is 0 Å². The topological polar surface area (TPSA) is 55.3 Å². The Kier molecular flexibility index (Phi) is 4.45. The summed E-state index contributed by atoms with van der Waals surface area (Å²) in [7, 11) is 1.46. The molecule has 0 saturated carbocycles. The van der Waals surface area contributed by atoms with Crippen LogP contribution in [0.1, 0.15) is 12.6 Å². The van der Waals surface area contributed by atoms with Crippen molar-refractivity contribution in [2.45, 2.75) is 13.8 Å². The Bertz CT molecular complexity index is 449. The Morgan fingerprint density at radius 2 is 2.24 bits per heavy atom. The van der Waals surface area contributed by atoms with Gasteiger partial charge in [0, 0.05) is 13.5 Å². The summed E-state index contributed by atoms with van der Waals surface area (Å²) in [5.41, 5.74) is 0.559. The largest absolute Gasteiger partial charge is 0.480 e. The highest BCUT2D eigenvalue weighted by molar-refractivity contribution is 6.32. The molecule has 0 aromatic carbocycles. The zero-order valence-electron chi connectivity index (χ0n) is 10.0. The molecule has 0 aliphatic rings. The maximum atomic E-state index is 11.5. The Balaban J connectivity index is 3.24. The molecule has 0 N–H and O–H groups in total. The first-order chi connectivity index (χ1) is 8.01. The summed E-state index contributed by atoms with van der Waals surface area (Å²) in [6.07, 6.45) is 1.60. The van der Waals surface area contributed by atoms with E-state index in [4.69, 9.17) is 16.3 Å². The molecule has 0 radical (unpaired) electrons. The van der Waals surface area contributed by atoms with Crippen molar-refractivity contribution >= 4 is 23.5 Å². The quantitative estimate of drug-likeness (QED) is 0.772. The fourth-order valence-corrected chi connectivity index (χ4v) is 1.42. The number of halogens is 1. The number of hydrogen-bond acceptors (Lipinski definition) is 4. The van der Waals surface area contributed by atoms with Crippen molar-refractivity contribution in [2.24, 2.45) is 0 Å². The number of amides is 1. The highest BCUT2D eigenvalue weighted by Gasteiger charge is 2.17. The number of carbonyl (C=O) groups excluding carboxylic acids is 1. The highest BCUT2D eigenvalue weighted by atomic mass is 35.5. The van der Waals surface area contributed by atoms with E-state index in [2.05, 4.69) is 16.5 Å². The minimum atomic E-state index is -0.173. The summed E-state index contributed by atoms with van der Waals surface area (Å²) >= 11 is 5.95. The van der Waals surface area contributed by atoms with E-state index in [9.17, 15) is 4.79 Å². The second kappa shape index (κ2) is 5.63. The predicted octanol–water partition coefficient (Wildman–Crippen LogP) is 1.99. The average Bonchev–Trinajstić information content (AvgIpc) is 2.29. The molecule has 1 aromatic rings. The van der Waals surface area contributed by atoms with Crippen molar-refractivity contribution in [1.29, 1.82) is 0 Å². The van der Waals surface area contributed by atoms with Crippen molar-refractivity contribution in [2.75, 3.05) is 18.6 Å². The van der Waals surface area contributed by atoms with Crippen molar-refractivity contribution < 1.29 is 9.53 Å². The van der Waals surface area contributed by atoms with E-state index in [0.717, 1.165) is 0 Å². The van der Waals surface area contributed by atoms with Crippen molar-refractivity contribution in [3.05, 3.63) is 23.4 Å². The van der Waals surface area contributed by atoms with Gasteiger partial charge in [-0.1, -0.05) is 17.7 Å². The van der Waals surface area contributed by atoms with Crippen LogP contribution in [-0.4, -0.2) is 29.5 Å². The van der Waals surface area contributed by atoms with E-state index in [-0.39, 0.29) is 17.7 Å². The first kappa shape index (κ1) is 13.4. The molecule has 5 nitrogen and oxygen atoms in total. The van der Waals surface area contributed by atoms with Crippen LogP contribution in [0, 0.1) is 6.92 Å². The van der Waals surface area contributed by atoms with Crippen molar-refractivity contribution in [3.8, 4) is 5.88 Å². The van der Waals surface area contributed by atoms with Crippen molar-refractivity contribution in [3.63, 3.8) is 0 Å². The maximum absolute atomic E-state index is 11.5. The molecule has 1 amide bonds. The zero-order chi connectivity index (χ0) is 13.0. The Morgan fingerprint density at radius 1 is 1.59 bits per heavy atom. The minimum absolute atomic E-state index is 0.173. The molecule has 0 unspecified atom stereocenters. The fourth-order valence-electron chi connectivity index (χ4n) is 1.25. The van der Waals surface area contributed by atoms with Crippen LogP contribution < -0.4 is 9.64 Å². The lowest BCUT2D eigenvalue weighted by Crippen LogP contribution is -2.30. The molecule has 0 atom stereocenters. The van der Waals surface area contributed by atoms with Gasteiger partial charge in [-0.25, -0.2) is 4.98 Å². The number of nitrogens with zero attached hydrogens (tertiary/aromatic N) is 3. The van der Waals surface area contributed by atoms with Crippen LogP contribution in [0.3, 0.4) is 0 Å². The normalized spacial score (nSPS) is 9.88. The van der Waals surface area contributed by atoms with Gasteiger partial charge in [-0.2, -0.15) is 4.98 Å². The molecule has 1 rings (SSSR count). The third-order valence-electron chi connectivity index (χ3n) is 2.10. The van der Waals surface area contributed by atoms with Gasteiger partial charge in [0.25, 0.3) is 0 Å². The summed E-state index contributed by atoms with van der Waals surface area (Å²) in [5, 5.41) is 0.346. The molecule has 1 heterocycles. The molecule has 92 valence electrons. The van der Waals surface area contributed by atoms with E-state index < -0.39 is 0 Å². The second-order valence-corrected chi connectivity index (χ2v) is 3.73. The minimum Gasteiger partial charge on any atom is -0.480 e. The second-order valence-electron chi connectivity index (χ2n) is 3.35. The SMILES string of the molecule is C=CCN(C(C)=O)c1nc(C)c(Cl)c(OC)n1. The van der Waals surface area contributed by atoms with E-state index in [0.29, 0.717) is 17.3 Å². The van der Waals surface area contributed by atoms with Crippen LogP contribution in [0.2, 0.25) is 5.02 Å². The molecule has 0 aliphatic heterocycles. The molecular formula is C11H14ClN3O2. The molecule has 0 bridgehead atoms. The van der Waals surface area contributed by atoms with Crippen LogP contribution in [0.4, 0.5) is 5.95 Å². The summed E-state index contributed by atoms with van der Waals surface area (Å²) < 4.78 is 5.03. The van der Waals surface area contributed by atoms with Gasteiger partial charge >= 0.3 is 0 Å². The number of hydrogen-bond donors (Lipinski definition) is 0. The van der Waals surface area contributed by atoms with Gasteiger partial charge in [-0.15, -0.1) is 6.58 Å². The molecule has 0 saturated heterocycles. The third-order valence-corrected chi connectivity index (χ3v) is 2.54. The Labute approximate surface area is 105 Å². The van der Waals surface area contributed by atoms with Crippen LogP contribution in [0.5, 0.6) is 5.88 Å². The van der Waals surface area contributed by atoms with Crippen molar-refractivity contribution in [1.82, 2.24) is 9.97 Å². The standard InChI is InChI=1S/C11H14ClN3O2/c1-5-6-15(8(3)16)11-13-7(2)9(12)10(14-11)17-4/h5H,1,6H2,2-4H3. The first-order valence-corrected chi connectivity index (χ1v) is 5.36. The van der Waals surface area contributed by atoms with Gasteiger partial charge in [0.15, 0.2) is 0 Å². The molecule has 0 fully saturated rings. The smallest absolute Gasteiger partial charge is 0.237 e. The summed E-state index contributed by atoms with van der Waals surface area (Å²) in [6.45, 7) is 7.08. The van der Waals surface area contributed by atoms with E-state index >= 15 is 0 Å². The lowest BCUT2D eigenvalue weighted by Gasteiger charge is -2.18. The Hall–Kier alpha value is -1.62. The average molecular weight is 256 g/mol. The van der Waals surface area contributed by atoms with E-state index in [1.807, 2.05) is 0 Å². The molecule has 6 heteroatoms. The Morgan fingerprint density at radius 3 is 2.71 bits per heavy atom. The van der Waals surface area contributed by atoms with Gasteiger partial charge in [-0.3, -0.25) is 9.69 Å². The van der Waals surface area contributed by atoms with E-state index in [1.165, 1.54) is 18.9 Å². The van der Waals surface area contributed by atoms with Gasteiger partial charge in [0.1, 0.15) is 5.02 Å². The number of methoxy groups -OCH3 is 1. The lowest BCUT2D eigenvalue weighted by molar-refractivity contribution is -0.116. The van der Waals surface area contributed by atoms with Gasteiger partial charge in [0.2, 0.25) is 17.7 Å². The highest BCUT2D eigenvalue weighted by Crippen LogP contribution is 2.26. The number of anilines is 1. The van der Waals surface area contributed by atoms with Crippen LogP contribution in [-0.2, 0) is 4.79 Å². The number of aromatic nitrogens is 2. The molecule has 1 aromatic heterocycles. The van der Waals surface area contributed by atoms with Gasteiger partial charge < -0.3 is 4.74 Å². The lowest BCUT2D eigenvalue weighted by atomic mass is 10.4. The summed E-state index contributed by atoms with van der Waals surface area (Å²) in [5.74, 6) is 0.342.